The lowest BCUT2D eigenvalue weighted by Crippen LogP contribution is -2.45. The van der Waals surface area contributed by atoms with Gasteiger partial charge in [0.2, 0.25) is 0 Å². The van der Waals surface area contributed by atoms with Gasteiger partial charge in [-0.3, -0.25) is 4.79 Å². The highest BCUT2D eigenvalue weighted by Crippen LogP contribution is 2.40. The lowest BCUT2D eigenvalue weighted by molar-refractivity contribution is 0.0900. The molecule has 1 amide bonds. The monoisotopic (exact) mass is 320 g/mol. The van der Waals surface area contributed by atoms with Crippen LogP contribution in [0.15, 0.2) is 42.6 Å². The number of amides is 1. The summed E-state index contributed by atoms with van der Waals surface area (Å²) in [6, 6.07) is 11.2. The van der Waals surface area contributed by atoms with Crippen LogP contribution in [0.3, 0.4) is 0 Å². The van der Waals surface area contributed by atoms with Crippen LogP contribution in [0.5, 0.6) is 0 Å². The molecule has 0 aliphatic heterocycles. The maximum atomic E-state index is 12.2. The molecule has 0 bridgehead atoms. The SMILES string of the molecule is O=C(NC1CCC1c1ccccc1Cl)c1ncccc1Cl. The zero-order valence-corrected chi connectivity index (χ0v) is 12.7. The molecule has 3 rings (SSSR count). The molecule has 1 saturated carbocycles. The van der Waals surface area contributed by atoms with Gasteiger partial charge in [-0.05, 0) is 36.6 Å². The number of aromatic nitrogens is 1. The van der Waals surface area contributed by atoms with E-state index in [-0.39, 0.29) is 23.6 Å². The third-order valence-corrected chi connectivity index (χ3v) is 4.52. The number of carbonyl (C=O) groups excluding carboxylic acids is 1. The van der Waals surface area contributed by atoms with Gasteiger partial charge in [-0.2, -0.15) is 0 Å². The van der Waals surface area contributed by atoms with Gasteiger partial charge in [-0.1, -0.05) is 41.4 Å². The minimum absolute atomic E-state index is 0.0791. The minimum Gasteiger partial charge on any atom is -0.347 e. The molecule has 108 valence electrons. The van der Waals surface area contributed by atoms with Gasteiger partial charge in [0.05, 0.1) is 5.02 Å². The van der Waals surface area contributed by atoms with Gasteiger partial charge in [0, 0.05) is 23.2 Å². The van der Waals surface area contributed by atoms with E-state index in [0.29, 0.717) is 5.02 Å². The number of benzene rings is 1. The van der Waals surface area contributed by atoms with Crippen LogP contribution >= 0.6 is 23.2 Å². The Balaban J connectivity index is 1.73. The van der Waals surface area contributed by atoms with E-state index in [1.165, 1.54) is 0 Å². The van der Waals surface area contributed by atoms with Crippen molar-refractivity contribution < 1.29 is 4.79 Å². The van der Waals surface area contributed by atoms with Gasteiger partial charge in [-0.15, -0.1) is 0 Å². The third kappa shape index (κ3) is 2.89. The average molecular weight is 321 g/mol. The van der Waals surface area contributed by atoms with Crippen LogP contribution in [-0.2, 0) is 0 Å². The molecule has 1 N–H and O–H groups in total. The quantitative estimate of drug-likeness (QED) is 0.926. The van der Waals surface area contributed by atoms with Crippen molar-refractivity contribution in [2.45, 2.75) is 24.8 Å². The van der Waals surface area contributed by atoms with Crippen molar-refractivity contribution in [2.75, 3.05) is 0 Å². The summed E-state index contributed by atoms with van der Waals surface area (Å²) in [4.78, 5) is 16.3. The fourth-order valence-corrected chi connectivity index (χ4v) is 3.09. The Morgan fingerprint density at radius 2 is 1.86 bits per heavy atom. The number of pyridine rings is 1. The van der Waals surface area contributed by atoms with E-state index >= 15 is 0 Å². The van der Waals surface area contributed by atoms with Crippen LogP contribution in [0.25, 0.3) is 0 Å². The maximum Gasteiger partial charge on any atom is 0.271 e. The maximum absolute atomic E-state index is 12.2. The minimum atomic E-state index is -0.234. The van der Waals surface area contributed by atoms with Crippen molar-refractivity contribution in [3.63, 3.8) is 0 Å². The number of nitrogens with one attached hydrogen (secondary N) is 1. The summed E-state index contributed by atoms with van der Waals surface area (Å²) in [6.45, 7) is 0. The first-order valence-electron chi connectivity index (χ1n) is 6.82. The molecule has 1 aliphatic rings. The van der Waals surface area contributed by atoms with Crippen molar-refractivity contribution in [1.29, 1.82) is 0 Å². The van der Waals surface area contributed by atoms with Gasteiger partial charge < -0.3 is 5.32 Å². The average Bonchev–Trinajstić information content (AvgIpc) is 2.46. The topological polar surface area (TPSA) is 42.0 Å². The van der Waals surface area contributed by atoms with Crippen molar-refractivity contribution >= 4 is 29.1 Å². The molecule has 3 nitrogen and oxygen atoms in total. The highest BCUT2D eigenvalue weighted by atomic mass is 35.5. The summed E-state index contributed by atoms with van der Waals surface area (Å²) < 4.78 is 0. The van der Waals surface area contributed by atoms with E-state index in [4.69, 9.17) is 23.2 Å². The molecular weight excluding hydrogens is 307 g/mol. The molecule has 1 aromatic carbocycles. The summed E-state index contributed by atoms with van der Waals surface area (Å²) >= 11 is 12.2. The van der Waals surface area contributed by atoms with Gasteiger partial charge in [0.25, 0.3) is 5.91 Å². The predicted molar refractivity (Wildman–Crippen MR) is 83.9 cm³/mol. The Bertz CT molecular complexity index is 675. The lowest BCUT2D eigenvalue weighted by Gasteiger charge is -2.38. The van der Waals surface area contributed by atoms with E-state index < -0.39 is 0 Å². The van der Waals surface area contributed by atoms with Crippen LogP contribution in [0, 0.1) is 0 Å². The largest absolute Gasteiger partial charge is 0.347 e. The molecule has 2 aromatic rings. The van der Waals surface area contributed by atoms with Crippen LogP contribution in [0.2, 0.25) is 10.0 Å². The fourth-order valence-electron chi connectivity index (χ4n) is 2.61. The standard InChI is InChI=1S/C16H14Cl2N2O/c17-12-5-2-1-4-10(12)11-7-8-14(11)20-16(21)15-13(18)6-3-9-19-15/h1-6,9,11,14H,7-8H2,(H,20,21). The van der Waals surface area contributed by atoms with Gasteiger partial charge in [0.1, 0.15) is 5.69 Å². The van der Waals surface area contributed by atoms with E-state index in [1.54, 1.807) is 18.3 Å². The molecule has 21 heavy (non-hydrogen) atoms. The molecule has 1 aromatic heterocycles. The number of rotatable bonds is 3. The summed E-state index contributed by atoms with van der Waals surface area (Å²) in [5.41, 5.74) is 1.35. The molecule has 1 heterocycles. The molecule has 5 heteroatoms. The van der Waals surface area contributed by atoms with Crippen molar-refractivity contribution in [2.24, 2.45) is 0 Å². The second kappa shape index (κ2) is 6.04. The molecule has 2 unspecified atom stereocenters. The molecule has 0 saturated heterocycles. The van der Waals surface area contributed by atoms with Crippen molar-refractivity contribution in [3.8, 4) is 0 Å². The van der Waals surface area contributed by atoms with Gasteiger partial charge in [0.15, 0.2) is 0 Å². The summed E-state index contributed by atoms with van der Waals surface area (Å²) in [6.07, 6.45) is 3.52. The zero-order chi connectivity index (χ0) is 14.8. The number of nitrogens with zero attached hydrogens (tertiary/aromatic N) is 1. The van der Waals surface area contributed by atoms with Crippen molar-refractivity contribution in [1.82, 2.24) is 10.3 Å². The van der Waals surface area contributed by atoms with Crippen molar-refractivity contribution in [3.05, 3.63) is 63.9 Å². The zero-order valence-electron chi connectivity index (χ0n) is 11.2. The molecule has 1 aliphatic carbocycles. The molecule has 0 radical (unpaired) electrons. The highest BCUT2D eigenvalue weighted by molar-refractivity contribution is 6.33. The van der Waals surface area contributed by atoms with E-state index in [1.807, 2.05) is 24.3 Å². The normalized spacial score (nSPS) is 20.7. The Morgan fingerprint density at radius 1 is 1.10 bits per heavy atom. The predicted octanol–water partition coefficient (Wildman–Crippen LogP) is 4.06. The second-order valence-electron chi connectivity index (χ2n) is 5.12. The first kappa shape index (κ1) is 14.4. The number of carbonyl (C=O) groups is 1. The molecule has 1 fully saturated rings. The Labute approximate surface area is 133 Å². The van der Waals surface area contributed by atoms with E-state index in [0.717, 1.165) is 23.4 Å². The van der Waals surface area contributed by atoms with Crippen LogP contribution in [0.1, 0.15) is 34.8 Å². The lowest BCUT2D eigenvalue weighted by atomic mass is 9.75. The van der Waals surface area contributed by atoms with Crippen LogP contribution in [-0.4, -0.2) is 16.9 Å². The summed E-state index contributed by atoms with van der Waals surface area (Å²) in [7, 11) is 0. The Morgan fingerprint density at radius 3 is 2.52 bits per heavy atom. The molecular formula is C16H14Cl2N2O. The Hall–Kier alpha value is -1.58. The molecule has 0 spiro atoms. The first-order valence-corrected chi connectivity index (χ1v) is 7.58. The first-order chi connectivity index (χ1) is 10.2. The summed E-state index contributed by atoms with van der Waals surface area (Å²) in [5, 5.41) is 4.12. The number of halogens is 2. The second-order valence-corrected chi connectivity index (χ2v) is 5.93. The van der Waals surface area contributed by atoms with Crippen LogP contribution in [0.4, 0.5) is 0 Å². The van der Waals surface area contributed by atoms with Gasteiger partial charge in [-0.25, -0.2) is 4.98 Å². The summed E-state index contributed by atoms with van der Waals surface area (Å²) in [5.74, 6) is 0.0208. The van der Waals surface area contributed by atoms with E-state index in [9.17, 15) is 4.79 Å². The number of hydrogen-bond acceptors (Lipinski definition) is 2. The third-order valence-electron chi connectivity index (χ3n) is 3.87. The molecule has 2 atom stereocenters. The van der Waals surface area contributed by atoms with E-state index in [2.05, 4.69) is 10.3 Å². The highest BCUT2D eigenvalue weighted by Gasteiger charge is 2.34. The smallest absolute Gasteiger partial charge is 0.271 e. The number of hydrogen-bond donors (Lipinski definition) is 1. The fraction of sp³-hybridized carbons (Fsp3) is 0.250. The van der Waals surface area contributed by atoms with Gasteiger partial charge >= 0.3 is 0 Å². The Kier molecular flexibility index (Phi) is 4.13. The van der Waals surface area contributed by atoms with Crippen LogP contribution < -0.4 is 5.32 Å².